The molecule has 2 rings (SSSR count). The molecular weight excluding hydrogens is 270 g/mol. The molecule has 94 valence electrons. The van der Waals surface area contributed by atoms with Gasteiger partial charge in [0.1, 0.15) is 6.33 Å². The lowest BCUT2D eigenvalue weighted by Crippen LogP contribution is -1.92. The minimum absolute atomic E-state index is 0.804. The fourth-order valence-corrected chi connectivity index (χ4v) is 3.11. The molecule has 1 N–H and O–H groups in total. The van der Waals surface area contributed by atoms with Crippen molar-refractivity contribution in [3.63, 3.8) is 0 Å². The van der Waals surface area contributed by atoms with Crippen molar-refractivity contribution in [3.8, 4) is 0 Å². The van der Waals surface area contributed by atoms with Gasteiger partial charge in [-0.1, -0.05) is 11.8 Å². The SMILES string of the molecule is Cn1ncnc1SCc1ccc(/C=C/C(=O)O)s1. The summed E-state index contributed by atoms with van der Waals surface area (Å²) in [7, 11) is 1.85. The molecule has 0 bridgehead atoms. The Labute approximate surface area is 112 Å². The molecule has 0 unspecified atom stereocenters. The highest BCUT2D eigenvalue weighted by Crippen LogP contribution is 2.25. The molecule has 2 aromatic heterocycles. The number of hydrogen-bond acceptors (Lipinski definition) is 5. The number of thioether (sulfide) groups is 1. The van der Waals surface area contributed by atoms with Gasteiger partial charge >= 0.3 is 5.97 Å². The number of aryl methyl sites for hydroxylation is 1. The molecule has 0 aliphatic rings. The average molecular weight is 281 g/mol. The van der Waals surface area contributed by atoms with Gasteiger partial charge in [-0.15, -0.1) is 11.3 Å². The highest BCUT2D eigenvalue weighted by molar-refractivity contribution is 7.98. The van der Waals surface area contributed by atoms with Gasteiger partial charge in [-0.05, 0) is 18.2 Å². The van der Waals surface area contributed by atoms with Crippen molar-refractivity contribution in [3.05, 3.63) is 34.3 Å². The van der Waals surface area contributed by atoms with Gasteiger partial charge in [0.25, 0.3) is 0 Å². The van der Waals surface area contributed by atoms with E-state index in [1.807, 2.05) is 19.2 Å². The van der Waals surface area contributed by atoms with Gasteiger partial charge in [0.2, 0.25) is 0 Å². The minimum atomic E-state index is -0.932. The first-order chi connectivity index (χ1) is 8.65. The predicted molar refractivity (Wildman–Crippen MR) is 71.6 cm³/mol. The van der Waals surface area contributed by atoms with Crippen LogP contribution in [0.5, 0.6) is 0 Å². The van der Waals surface area contributed by atoms with Gasteiger partial charge in [-0.3, -0.25) is 0 Å². The molecular formula is C11H11N3O2S2. The van der Waals surface area contributed by atoms with E-state index >= 15 is 0 Å². The van der Waals surface area contributed by atoms with Crippen LogP contribution in [0.4, 0.5) is 0 Å². The van der Waals surface area contributed by atoms with Crippen LogP contribution in [0.25, 0.3) is 6.08 Å². The third-order valence-corrected chi connectivity index (χ3v) is 4.40. The maximum Gasteiger partial charge on any atom is 0.328 e. The summed E-state index contributed by atoms with van der Waals surface area (Å²) in [6.45, 7) is 0. The Hall–Kier alpha value is -1.60. The molecule has 0 amide bonds. The normalized spacial score (nSPS) is 11.2. The van der Waals surface area contributed by atoms with E-state index in [0.29, 0.717) is 0 Å². The molecule has 0 aromatic carbocycles. The summed E-state index contributed by atoms with van der Waals surface area (Å²) >= 11 is 3.18. The van der Waals surface area contributed by atoms with Crippen molar-refractivity contribution in [2.24, 2.45) is 7.05 Å². The molecule has 0 aliphatic heterocycles. The third kappa shape index (κ3) is 3.44. The molecule has 0 spiro atoms. The predicted octanol–water partition coefficient (Wildman–Crippen LogP) is 2.27. The molecule has 0 fully saturated rings. The summed E-state index contributed by atoms with van der Waals surface area (Å²) in [5.74, 6) is -0.128. The van der Waals surface area contributed by atoms with Crippen molar-refractivity contribution in [1.82, 2.24) is 14.8 Å². The first kappa shape index (κ1) is 12.8. The number of carbonyl (C=O) groups is 1. The minimum Gasteiger partial charge on any atom is -0.478 e. The van der Waals surface area contributed by atoms with Crippen LogP contribution in [-0.4, -0.2) is 25.8 Å². The van der Waals surface area contributed by atoms with E-state index in [0.717, 1.165) is 21.9 Å². The van der Waals surface area contributed by atoms with Crippen molar-refractivity contribution < 1.29 is 9.90 Å². The van der Waals surface area contributed by atoms with E-state index in [1.165, 1.54) is 11.2 Å². The number of carboxylic acids is 1. The van der Waals surface area contributed by atoms with Crippen molar-refractivity contribution >= 4 is 35.1 Å². The number of nitrogens with zero attached hydrogens (tertiary/aromatic N) is 3. The van der Waals surface area contributed by atoms with Gasteiger partial charge in [-0.25, -0.2) is 14.5 Å². The van der Waals surface area contributed by atoms with Crippen molar-refractivity contribution in [1.29, 1.82) is 0 Å². The Morgan fingerprint density at radius 1 is 1.61 bits per heavy atom. The lowest BCUT2D eigenvalue weighted by atomic mass is 10.4. The molecule has 5 nitrogen and oxygen atoms in total. The summed E-state index contributed by atoms with van der Waals surface area (Å²) in [4.78, 5) is 16.6. The first-order valence-corrected chi connectivity index (χ1v) is 6.92. The van der Waals surface area contributed by atoms with E-state index < -0.39 is 5.97 Å². The maximum absolute atomic E-state index is 10.4. The number of hydrogen-bond donors (Lipinski definition) is 1. The van der Waals surface area contributed by atoms with Crippen LogP contribution in [0.15, 0.2) is 29.7 Å². The zero-order valence-corrected chi connectivity index (χ0v) is 11.2. The Morgan fingerprint density at radius 3 is 3.11 bits per heavy atom. The molecule has 18 heavy (non-hydrogen) atoms. The second-order valence-electron chi connectivity index (χ2n) is 3.43. The fourth-order valence-electron chi connectivity index (χ4n) is 1.27. The van der Waals surface area contributed by atoms with Gasteiger partial charge in [0.05, 0.1) is 0 Å². The molecule has 2 aromatic rings. The third-order valence-electron chi connectivity index (χ3n) is 2.09. The van der Waals surface area contributed by atoms with E-state index in [9.17, 15) is 4.79 Å². The second-order valence-corrected chi connectivity index (χ2v) is 5.57. The van der Waals surface area contributed by atoms with E-state index in [1.54, 1.807) is 33.9 Å². The molecule has 0 radical (unpaired) electrons. The standard InChI is InChI=1S/C11H11N3O2S2/c1-14-11(12-7-13-14)17-6-9-3-2-8(18-9)4-5-10(15)16/h2-5,7H,6H2,1H3,(H,15,16)/b5-4+. The second kappa shape index (κ2) is 5.83. The molecule has 0 aliphatic carbocycles. The van der Waals surface area contributed by atoms with Crippen molar-refractivity contribution in [2.75, 3.05) is 0 Å². The Bertz CT molecular complexity index is 574. The largest absolute Gasteiger partial charge is 0.478 e. The lowest BCUT2D eigenvalue weighted by Gasteiger charge is -1.97. The fraction of sp³-hybridized carbons (Fsp3) is 0.182. The number of rotatable bonds is 5. The van der Waals surface area contributed by atoms with Crippen LogP contribution in [0, 0.1) is 0 Å². The highest BCUT2D eigenvalue weighted by atomic mass is 32.2. The molecule has 2 heterocycles. The Morgan fingerprint density at radius 2 is 2.44 bits per heavy atom. The molecule has 0 saturated carbocycles. The average Bonchev–Trinajstić information content (AvgIpc) is 2.93. The lowest BCUT2D eigenvalue weighted by molar-refractivity contribution is -0.131. The summed E-state index contributed by atoms with van der Waals surface area (Å²) in [5.41, 5.74) is 0. The van der Waals surface area contributed by atoms with E-state index in [4.69, 9.17) is 5.11 Å². The molecule has 0 saturated heterocycles. The number of thiophene rings is 1. The topological polar surface area (TPSA) is 68.0 Å². The highest BCUT2D eigenvalue weighted by Gasteiger charge is 2.04. The van der Waals surface area contributed by atoms with Crippen molar-refractivity contribution in [2.45, 2.75) is 10.9 Å². The van der Waals surface area contributed by atoms with E-state index in [2.05, 4.69) is 10.1 Å². The zero-order chi connectivity index (χ0) is 13.0. The number of aliphatic carboxylic acids is 1. The van der Waals surface area contributed by atoms with E-state index in [-0.39, 0.29) is 0 Å². The molecule has 0 atom stereocenters. The summed E-state index contributed by atoms with van der Waals surface area (Å²) in [5, 5.41) is 13.4. The molecule has 7 heteroatoms. The smallest absolute Gasteiger partial charge is 0.328 e. The summed E-state index contributed by atoms with van der Waals surface area (Å²) < 4.78 is 1.73. The number of aromatic nitrogens is 3. The van der Waals surface area contributed by atoms with Crippen LogP contribution in [0.2, 0.25) is 0 Å². The van der Waals surface area contributed by atoms with Crippen LogP contribution in [0.3, 0.4) is 0 Å². The Kier molecular flexibility index (Phi) is 4.16. The summed E-state index contributed by atoms with van der Waals surface area (Å²) in [6.07, 6.45) is 4.27. The van der Waals surface area contributed by atoms with Crippen LogP contribution in [-0.2, 0) is 17.6 Å². The Balaban J connectivity index is 1.95. The zero-order valence-electron chi connectivity index (χ0n) is 9.61. The van der Waals surface area contributed by atoms with Crippen LogP contribution >= 0.6 is 23.1 Å². The quantitative estimate of drug-likeness (QED) is 0.672. The van der Waals surface area contributed by atoms with Gasteiger partial charge in [0, 0.05) is 28.6 Å². The van der Waals surface area contributed by atoms with Gasteiger partial charge in [-0.2, -0.15) is 5.10 Å². The maximum atomic E-state index is 10.4. The summed E-state index contributed by atoms with van der Waals surface area (Å²) in [6, 6.07) is 3.91. The number of carboxylic acid groups (broad SMARTS) is 1. The first-order valence-electron chi connectivity index (χ1n) is 5.11. The monoisotopic (exact) mass is 281 g/mol. The van der Waals surface area contributed by atoms with Gasteiger partial charge in [0.15, 0.2) is 5.16 Å². The van der Waals surface area contributed by atoms with Crippen LogP contribution < -0.4 is 0 Å². The van der Waals surface area contributed by atoms with Gasteiger partial charge < -0.3 is 5.11 Å². The van der Waals surface area contributed by atoms with Crippen LogP contribution in [0.1, 0.15) is 9.75 Å².